The van der Waals surface area contributed by atoms with Gasteiger partial charge in [-0.2, -0.15) is 21.9 Å². The second-order valence-corrected chi connectivity index (χ2v) is 13.2. The average Bonchev–Trinajstić information content (AvgIpc) is 3.43. The molecule has 0 amide bonds. The van der Waals surface area contributed by atoms with E-state index in [1.807, 2.05) is 0 Å². The third kappa shape index (κ3) is 7.83. The number of benzene rings is 3. The van der Waals surface area contributed by atoms with Gasteiger partial charge in [0, 0.05) is 24.0 Å². The Hall–Kier alpha value is -3.56. The van der Waals surface area contributed by atoms with Crippen LogP contribution in [0.5, 0.6) is 0 Å². The highest BCUT2D eigenvalue weighted by molar-refractivity contribution is 7.87. The summed E-state index contributed by atoms with van der Waals surface area (Å²) in [5, 5.41) is 18.1. The maximum atomic E-state index is 15.0. The fraction of sp³-hybridized carbons (Fsp3) is 0.286. The number of rotatable bonds is 13. The van der Waals surface area contributed by atoms with Crippen molar-refractivity contribution in [2.75, 3.05) is 13.2 Å². The molecule has 224 valence electrons. The lowest BCUT2D eigenvalue weighted by molar-refractivity contribution is -0.00816. The Morgan fingerprint density at radius 2 is 1.38 bits per heavy atom. The first-order valence-corrected chi connectivity index (χ1v) is 15.5. The minimum atomic E-state index is -4.31. The van der Waals surface area contributed by atoms with E-state index in [2.05, 4.69) is 15.2 Å². The fourth-order valence-corrected chi connectivity index (χ4v) is 6.25. The molecule has 0 radical (unpaired) electrons. The van der Waals surface area contributed by atoms with Crippen molar-refractivity contribution in [3.05, 3.63) is 107 Å². The molecular weight excluding hydrogens is 592 g/mol. The summed E-state index contributed by atoms with van der Waals surface area (Å²) in [5.41, 5.74) is -0.829. The first-order valence-electron chi connectivity index (χ1n) is 12.7. The third-order valence-electron chi connectivity index (χ3n) is 6.52. The van der Waals surface area contributed by atoms with E-state index in [0.717, 1.165) is 23.3 Å². The lowest BCUT2D eigenvalue weighted by Gasteiger charge is -2.32. The van der Waals surface area contributed by atoms with Crippen LogP contribution >= 0.6 is 0 Å². The molecule has 14 heteroatoms. The second kappa shape index (κ2) is 12.8. The van der Waals surface area contributed by atoms with Gasteiger partial charge in [0.2, 0.25) is 0 Å². The zero-order chi connectivity index (χ0) is 30.5. The Morgan fingerprint density at radius 1 is 0.857 bits per heavy atom. The van der Waals surface area contributed by atoms with E-state index in [-0.39, 0.29) is 27.6 Å². The number of aromatic nitrogens is 3. The topological polar surface area (TPSA) is 149 Å². The molecule has 1 aromatic heterocycles. The summed E-state index contributed by atoms with van der Waals surface area (Å²) < 4.78 is 90.9. The lowest BCUT2D eigenvalue weighted by atomic mass is 9.82. The number of hydrogen-bond donors (Lipinski definition) is 2. The van der Waals surface area contributed by atoms with Gasteiger partial charge in [0.05, 0.1) is 28.6 Å². The monoisotopic (exact) mass is 621 g/mol. The van der Waals surface area contributed by atoms with Crippen LogP contribution in [0.4, 0.5) is 8.78 Å². The van der Waals surface area contributed by atoms with Crippen molar-refractivity contribution in [1.82, 2.24) is 15.2 Å². The van der Waals surface area contributed by atoms with E-state index in [0.29, 0.717) is 6.07 Å². The number of nitrogens with zero attached hydrogens (tertiary/aromatic N) is 2. The number of H-pyrrole nitrogens is 1. The molecule has 0 aliphatic rings. The van der Waals surface area contributed by atoms with Crippen molar-refractivity contribution in [3.8, 4) is 0 Å². The Labute approximate surface area is 242 Å². The van der Waals surface area contributed by atoms with E-state index in [1.165, 1.54) is 30.6 Å². The van der Waals surface area contributed by atoms with Crippen LogP contribution in [0.25, 0.3) is 0 Å². The average molecular weight is 622 g/mol. The summed E-state index contributed by atoms with van der Waals surface area (Å²) in [4.78, 5) is 3.69. The zero-order valence-corrected chi connectivity index (χ0v) is 24.3. The van der Waals surface area contributed by atoms with Crippen LogP contribution in [-0.2, 0) is 40.6 Å². The molecule has 2 N–H and O–H groups in total. The number of aromatic amines is 1. The molecule has 10 nitrogen and oxygen atoms in total. The number of halogens is 2. The number of hydrogen-bond acceptors (Lipinski definition) is 9. The molecule has 42 heavy (non-hydrogen) atoms. The summed E-state index contributed by atoms with van der Waals surface area (Å²) in [6.07, 6.45) is 0.341. The van der Waals surface area contributed by atoms with Crippen LogP contribution < -0.4 is 0 Å². The van der Waals surface area contributed by atoms with Crippen LogP contribution in [0.1, 0.15) is 28.9 Å². The maximum absolute atomic E-state index is 15.0. The second-order valence-electron chi connectivity index (χ2n) is 9.94. The van der Waals surface area contributed by atoms with Gasteiger partial charge in [0.25, 0.3) is 20.2 Å². The molecule has 4 aromatic rings. The highest BCUT2D eigenvalue weighted by atomic mass is 32.2. The first-order chi connectivity index (χ1) is 19.8. The summed E-state index contributed by atoms with van der Waals surface area (Å²) >= 11 is 0. The van der Waals surface area contributed by atoms with Crippen molar-refractivity contribution in [2.45, 2.75) is 42.1 Å². The van der Waals surface area contributed by atoms with Crippen LogP contribution in [0, 0.1) is 31.4 Å². The van der Waals surface area contributed by atoms with Crippen molar-refractivity contribution in [3.63, 3.8) is 0 Å². The van der Waals surface area contributed by atoms with E-state index in [1.54, 1.807) is 38.1 Å². The third-order valence-corrected chi connectivity index (χ3v) is 9.11. The van der Waals surface area contributed by atoms with Crippen molar-refractivity contribution >= 4 is 20.2 Å². The molecule has 0 saturated carbocycles. The van der Waals surface area contributed by atoms with Crippen LogP contribution in [0.2, 0.25) is 0 Å². The predicted octanol–water partition coefficient (Wildman–Crippen LogP) is 3.95. The van der Waals surface area contributed by atoms with Crippen LogP contribution in [-0.4, -0.2) is 50.3 Å². The van der Waals surface area contributed by atoms with Gasteiger partial charge in [-0.1, -0.05) is 41.5 Å². The summed E-state index contributed by atoms with van der Waals surface area (Å²) in [6.45, 7) is 2.29. The molecule has 1 atom stereocenters. The molecule has 0 saturated heterocycles. The molecular formula is C28H29F2N3O7S2. The van der Waals surface area contributed by atoms with Gasteiger partial charge in [-0.05, 0) is 50.6 Å². The first kappa shape index (κ1) is 31.4. The smallest absolute Gasteiger partial charge is 0.296 e. The van der Waals surface area contributed by atoms with Gasteiger partial charge in [-0.15, -0.1) is 0 Å². The van der Waals surface area contributed by atoms with Crippen molar-refractivity contribution in [2.24, 2.45) is 5.92 Å². The molecule has 1 heterocycles. The number of aryl methyl sites for hydroxylation is 2. The van der Waals surface area contributed by atoms with Crippen molar-refractivity contribution < 1.29 is 39.1 Å². The summed E-state index contributed by atoms with van der Waals surface area (Å²) in [7, 11) is -8.61. The van der Waals surface area contributed by atoms with Crippen LogP contribution in [0.15, 0.2) is 82.8 Å². The molecule has 0 unspecified atom stereocenters. The van der Waals surface area contributed by atoms with E-state index >= 15 is 0 Å². The maximum Gasteiger partial charge on any atom is 0.296 e. The molecule has 0 fully saturated rings. The largest absolute Gasteiger partial charge is 0.385 e. The van der Waals surface area contributed by atoms with E-state index < -0.39 is 63.0 Å². The van der Waals surface area contributed by atoms with E-state index in [9.17, 15) is 30.7 Å². The Morgan fingerprint density at radius 3 is 1.83 bits per heavy atom. The van der Waals surface area contributed by atoms with Gasteiger partial charge < -0.3 is 5.11 Å². The van der Waals surface area contributed by atoms with Gasteiger partial charge in [0.15, 0.2) is 0 Å². The molecule has 0 bridgehead atoms. The lowest BCUT2D eigenvalue weighted by Crippen LogP contribution is -2.36. The molecule has 3 aromatic carbocycles. The molecule has 0 aliphatic heterocycles. The SMILES string of the molecule is Cc1ccc(S(=O)(=O)OCC(COS(=O)(=O)c2ccc(C)cc2)C[C@@](O)(Cc2ncn[nH]2)c2ccc(F)cc2F)cc1. The summed E-state index contributed by atoms with van der Waals surface area (Å²) in [6, 6.07) is 14.3. The minimum absolute atomic E-state index is 0.137. The van der Waals surface area contributed by atoms with Crippen molar-refractivity contribution in [1.29, 1.82) is 0 Å². The van der Waals surface area contributed by atoms with Gasteiger partial charge in [0.1, 0.15) is 23.8 Å². The highest BCUT2D eigenvalue weighted by Crippen LogP contribution is 2.35. The number of nitrogens with one attached hydrogen (secondary N) is 1. The zero-order valence-electron chi connectivity index (χ0n) is 22.7. The quantitative estimate of drug-likeness (QED) is 0.212. The fourth-order valence-electron chi connectivity index (χ4n) is 4.30. The standard InChI is InChI=1S/C28H29F2N3O7S2/c1-19-3-8-23(9-4-19)41(35,36)39-16-21(17-40-42(37,38)24-10-5-20(2)6-11-24)14-28(34,15-27-31-18-32-33-27)25-12-7-22(29)13-26(25)30/h3-13,18,21,34H,14-17H2,1-2H3,(H,31,32,33)/t28-/m1/s1. The Bertz CT molecular complexity index is 1640. The molecule has 0 aliphatic carbocycles. The van der Waals surface area contributed by atoms with Gasteiger partial charge >= 0.3 is 0 Å². The van der Waals surface area contributed by atoms with Crippen LogP contribution in [0.3, 0.4) is 0 Å². The molecule has 4 rings (SSSR count). The number of aliphatic hydroxyl groups is 1. The normalized spacial score (nSPS) is 13.8. The van der Waals surface area contributed by atoms with E-state index in [4.69, 9.17) is 8.37 Å². The van der Waals surface area contributed by atoms with Gasteiger partial charge in [-0.3, -0.25) is 13.5 Å². The highest BCUT2D eigenvalue weighted by Gasteiger charge is 2.38. The predicted molar refractivity (Wildman–Crippen MR) is 147 cm³/mol. The Kier molecular flexibility index (Phi) is 9.53. The molecule has 0 spiro atoms. The summed E-state index contributed by atoms with van der Waals surface area (Å²) in [5.74, 6) is -2.95. The minimum Gasteiger partial charge on any atom is -0.385 e. The Balaban J connectivity index is 1.66. The van der Waals surface area contributed by atoms with Gasteiger partial charge in [-0.25, -0.2) is 13.8 Å².